The molecule has 110 valence electrons. The molecule has 5 heteroatoms. The van der Waals surface area contributed by atoms with Gasteiger partial charge in [-0.25, -0.2) is 4.98 Å². The molecule has 1 saturated carbocycles. The van der Waals surface area contributed by atoms with E-state index in [9.17, 15) is 4.79 Å². The van der Waals surface area contributed by atoms with E-state index < -0.39 is 0 Å². The molecule has 4 nitrogen and oxygen atoms in total. The maximum Gasteiger partial charge on any atom is 0.272 e. The van der Waals surface area contributed by atoms with Crippen molar-refractivity contribution < 1.29 is 9.53 Å². The van der Waals surface area contributed by atoms with Gasteiger partial charge in [-0.2, -0.15) is 0 Å². The van der Waals surface area contributed by atoms with Crippen molar-refractivity contribution in [3.63, 3.8) is 0 Å². The molecule has 2 aromatic rings. The zero-order valence-electron chi connectivity index (χ0n) is 11.9. The van der Waals surface area contributed by atoms with Crippen LogP contribution in [0.1, 0.15) is 23.3 Å². The molecule has 1 aromatic carbocycles. The Kier molecular flexibility index (Phi) is 4.08. The standard InChI is InChI=1S/C16H17ClN2O2/c1-21-9-8-19(12-6-7-12)16(20)14-10-11-4-2-3-5-13(11)15(17)18-14/h2-5,10,12H,6-9H2,1H3. The van der Waals surface area contributed by atoms with Crippen LogP contribution in [-0.4, -0.2) is 42.1 Å². The number of hydrogen-bond acceptors (Lipinski definition) is 3. The predicted molar refractivity (Wildman–Crippen MR) is 82.7 cm³/mol. The Balaban J connectivity index is 1.92. The lowest BCUT2D eigenvalue weighted by Crippen LogP contribution is -2.36. The molecule has 3 rings (SSSR count). The van der Waals surface area contributed by atoms with Crippen LogP contribution in [0.3, 0.4) is 0 Å². The van der Waals surface area contributed by atoms with Crippen molar-refractivity contribution in [2.45, 2.75) is 18.9 Å². The molecule has 0 bridgehead atoms. The van der Waals surface area contributed by atoms with Crippen molar-refractivity contribution in [1.82, 2.24) is 9.88 Å². The molecule has 0 unspecified atom stereocenters. The highest BCUT2D eigenvalue weighted by molar-refractivity contribution is 6.34. The fourth-order valence-corrected chi connectivity index (χ4v) is 2.70. The quantitative estimate of drug-likeness (QED) is 0.797. The summed E-state index contributed by atoms with van der Waals surface area (Å²) in [6, 6.07) is 9.81. The number of methoxy groups -OCH3 is 1. The van der Waals surface area contributed by atoms with E-state index in [1.165, 1.54) is 0 Å². The highest BCUT2D eigenvalue weighted by Crippen LogP contribution is 2.29. The van der Waals surface area contributed by atoms with E-state index in [1.54, 1.807) is 7.11 Å². The van der Waals surface area contributed by atoms with Crippen LogP contribution in [0, 0.1) is 0 Å². The molecule has 1 heterocycles. The second-order valence-corrected chi connectivity index (χ2v) is 5.60. The SMILES string of the molecule is COCCN(C(=O)c1cc2ccccc2c(Cl)n1)C1CC1. The van der Waals surface area contributed by atoms with Gasteiger partial charge >= 0.3 is 0 Å². The Hall–Kier alpha value is -1.65. The van der Waals surface area contributed by atoms with Crippen LogP contribution in [0.2, 0.25) is 5.15 Å². The van der Waals surface area contributed by atoms with E-state index in [4.69, 9.17) is 16.3 Å². The van der Waals surface area contributed by atoms with E-state index in [1.807, 2.05) is 35.2 Å². The van der Waals surface area contributed by atoms with Crippen molar-refractivity contribution in [3.8, 4) is 0 Å². The van der Waals surface area contributed by atoms with Gasteiger partial charge in [-0.1, -0.05) is 35.9 Å². The molecule has 0 N–H and O–H groups in total. The normalized spacial score (nSPS) is 14.4. The van der Waals surface area contributed by atoms with Gasteiger partial charge in [-0.15, -0.1) is 0 Å². The molecule has 1 amide bonds. The predicted octanol–water partition coefficient (Wildman–Crippen LogP) is 3.14. The lowest BCUT2D eigenvalue weighted by molar-refractivity contribution is 0.0674. The second-order valence-electron chi connectivity index (χ2n) is 5.24. The van der Waals surface area contributed by atoms with E-state index in [-0.39, 0.29) is 5.91 Å². The zero-order valence-corrected chi connectivity index (χ0v) is 12.6. The van der Waals surface area contributed by atoms with Crippen LogP contribution in [-0.2, 0) is 4.74 Å². The highest BCUT2D eigenvalue weighted by Gasteiger charge is 2.33. The van der Waals surface area contributed by atoms with Gasteiger partial charge in [0.1, 0.15) is 10.8 Å². The van der Waals surface area contributed by atoms with Crippen LogP contribution in [0.5, 0.6) is 0 Å². The molecule has 21 heavy (non-hydrogen) atoms. The zero-order chi connectivity index (χ0) is 14.8. The average Bonchev–Trinajstić information content (AvgIpc) is 3.32. The van der Waals surface area contributed by atoms with Crippen molar-refractivity contribution in [2.75, 3.05) is 20.3 Å². The molecule has 1 aromatic heterocycles. The number of carbonyl (C=O) groups excluding carboxylic acids is 1. The minimum Gasteiger partial charge on any atom is -0.383 e. The Labute approximate surface area is 128 Å². The van der Waals surface area contributed by atoms with Crippen LogP contribution in [0.15, 0.2) is 30.3 Å². The first kappa shape index (κ1) is 14.3. The third-order valence-electron chi connectivity index (χ3n) is 3.70. The summed E-state index contributed by atoms with van der Waals surface area (Å²) < 4.78 is 5.09. The Bertz CT molecular complexity index is 670. The van der Waals surface area contributed by atoms with Crippen molar-refractivity contribution in [2.24, 2.45) is 0 Å². The van der Waals surface area contributed by atoms with Gasteiger partial charge in [0.05, 0.1) is 6.61 Å². The van der Waals surface area contributed by atoms with Crippen molar-refractivity contribution >= 4 is 28.3 Å². The molecular weight excluding hydrogens is 288 g/mol. The summed E-state index contributed by atoms with van der Waals surface area (Å²) in [6.07, 6.45) is 2.10. The first-order chi connectivity index (χ1) is 10.2. The number of benzene rings is 1. The molecule has 0 saturated heterocycles. The van der Waals surface area contributed by atoms with Crippen molar-refractivity contribution in [3.05, 3.63) is 41.2 Å². The maximum absolute atomic E-state index is 12.7. The minimum atomic E-state index is -0.0674. The largest absolute Gasteiger partial charge is 0.383 e. The van der Waals surface area contributed by atoms with Gasteiger partial charge in [0, 0.05) is 25.1 Å². The Morgan fingerprint density at radius 1 is 1.43 bits per heavy atom. The summed E-state index contributed by atoms with van der Waals surface area (Å²) in [5, 5.41) is 2.17. The lowest BCUT2D eigenvalue weighted by Gasteiger charge is -2.21. The summed E-state index contributed by atoms with van der Waals surface area (Å²) in [6.45, 7) is 1.12. The van der Waals surface area contributed by atoms with E-state index >= 15 is 0 Å². The van der Waals surface area contributed by atoms with Crippen LogP contribution >= 0.6 is 11.6 Å². The summed E-state index contributed by atoms with van der Waals surface area (Å²) >= 11 is 6.20. The first-order valence-electron chi connectivity index (χ1n) is 7.06. The molecule has 0 aliphatic heterocycles. The molecule has 0 atom stereocenters. The van der Waals surface area contributed by atoms with Crippen molar-refractivity contribution in [1.29, 1.82) is 0 Å². The van der Waals surface area contributed by atoms with Gasteiger partial charge in [0.2, 0.25) is 0 Å². The molecule has 0 spiro atoms. The molecule has 1 aliphatic rings. The Morgan fingerprint density at radius 3 is 2.90 bits per heavy atom. The summed E-state index contributed by atoms with van der Waals surface area (Å²) in [4.78, 5) is 18.8. The highest BCUT2D eigenvalue weighted by atomic mass is 35.5. The summed E-state index contributed by atoms with van der Waals surface area (Å²) in [5.41, 5.74) is 0.404. The molecule has 1 fully saturated rings. The number of hydrogen-bond donors (Lipinski definition) is 0. The van der Waals surface area contributed by atoms with E-state index in [0.717, 1.165) is 23.6 Å². The van der Waals surface area contributed by atoms with Gasteiger partial charge < -0.3 is 9.64 Å². The van der Waals surface area contributed by atoms with Gasteiger partial charge in [-0.05, 0) is 24.3 Å². The van der Waals surface area contributed by atoms with Crippen LogP contribution in [0.25, 0.3) is 10.8 Å². The number of fused-ring (bicyclic) bond motifs is 1. The Morgan fingerprint density at radius 2 is 2.19 bits per heavy atom. The lowest BCUT2D eigenvalue weighted by atomic mass is 10.1. The van der Waals surface area contributed by atoms with Gasteiger partial charge in [-0.3, -0.25) is 4.79 Å². The second kappa shape index (κ2) is 6.00. The summed E-state index contributed by atoms with van der Waals surface area (Å²) in [5.74, 6) is -0.0674. The number of ether oxygens (including phenoxy) is 1. The number of carbonyl (C=O) groups is 1. The fourth-order valence-electron chi connectivity index (χ4n) is 2.44. The van der Waals surface area contributed by atoms with Gasteiger partial charge in [0.15, 0.2) is 0 Å². The van der Waals surface area contributed by atoms with Crippen LogP contribution < -0.4 is 0 Å². The van der Waals surface area contributed by atoms with Gasteiger partial charge in [0.25, 0.3) is 5.91 Å². The topological polar surface area (TPSA) is 42.4 Å². The average molecular weight is 305 g/mol. The third-order valence-corrected chi connectivity index (χ3v) is 3.99. The smallest absolute Gasteiger partial charge is 0.272 e. The maximum atomic E-state index is 12.7. The molecular formula is C16H17ClN2O2. The first-order valence-corrected chi connectivity index (χ1v) is 7.43. The molecule has 1 aliphatic carbocycles. The van der Waals surface area contributed by atoms with E-state index in [0.29, 0.717) is 30.0 Å². The number of amides is 1. The number of halogens is 1. The molecule has 0 radical (unpaired) electrons. The minimum absolute atomic E-state index is 0.0674. The fraction of sp³-hybridized carbons (Fsp3) is 0.375. The number of nitrogens with zero attached hydrogens (tertiary/aromatic N) is 2. The monoisotopic (exact) mass is 304 g/mol. The number of aromatic nitrogens is 1. The number of pyridine rings is 1. The summed E-state index contributed by atoms with van der Waals surface area (Å²) in [7, 11) is 1.64. The van der Waals surface area contributed by atoms with E-state index in [2.05, 4.69) is 4.98 Å². The number of rotatable bonds is 5. The van der Waals surface area contributed by atoms with Crippen LogP contribution in [0.4, 0.5) is 0 Å². The third kappa shape index (κ3) is 3.01.